The summed E-state index contributed by atoms with van der Waals surface area (Å²) >= 11 is 0. The smallest absolute Gasteiger partial charge is 0.223 e. The van der Waals surface area contributed by atoms with Crippen LogP contribution in [-0.2, 0) is 17.3 Å². The second-order valence-corrected chi connectivity index (χ2v) is 7.49. The number of rotatable bonds is 2. The van der Waals surface area contributed by atoms with Crippen LogP contribution in [0.5, 0.6) is 0 Å². The highest BCUT2D eigenvalue weighted by Crippen LogP contribution is 2.52. The third kappa shape index (κ3) is 2.73. The lowest BCUT2D eigenvalue weighted by Gasteiger charge is -2.49. The van der Waals surface area contributed by atoms with Crippen LogP contribution in [0.15, 0.2) is 54.9 Å². The molecule has 1 fully saturated rings. The second kappa shape index (κ2) is 6.68. The Morgan fingerprint density at radius 3 is 2.73 bits per heavy atom. The van der Waals surface area contributed by atoms with Gasteiger partial charge in [-0.2, -0.15) is 0 Å². The minimum atomic E-state index is -0.541. The number of carbonyl (C=O) groups is 1. The lowest BCUT2D eigenvalue weighted by Crippen LogP contribution is -3.00. The number of hydrogen-bond donors (Lipinski definition) is 1. The van der Waals surface area contributed by atoms with Gasteiger partial charge < -0.3 is 34.2 Å². The Labute approximate surface area is 171 Å². The minimum Gasteiger partial charge on any atom is -1.00 e. The molecule has 26 heavy (non-hydrogen) atoms. The van der Waals surface area contributed by atoms with E-state index in [2.05, 4.69) is 72.7 Å². The van der Waals surface area contributed by atoms with E-state index in [0.717, 1.165) is 12.1 Å². The molecule has 136 valence electrons. The monoisotopic (exact) mass is 461 g/mol. The molecule has 1 atom stereocenters. The Balaban J connectivity index is 0.00000196. The Hall–Kier alpha value is -1.89. The highest BCUT2D eigenvalue weighted by Gasteiger charge is 2.57. The molecular weight excluding hydrogens is 437 g/mol. The molecule has 2 aliphatic heterocycles. The first-order valence-corrected chi connectivity index (χ1v) is 8.77. The summed E-state index contributed by atoms with van der Waals surface area (Å²) in [6.07, 6.45) is 8.91. The average Bonchev–Trinajstić information content (AvgIpc) is 2.78. The molecule has 2 aromatic rings. The molecule has 5 heteroatoms. The van der Waals surface area contributed by atoms with Crippen molar-refractivity contribution < 1.29 is 33.3 Å². The first-order chi connectivity index (χ1) is 11.9. The minimum absolute atomic E-state index is 0. The van der Waals surface area contributed by atoms with Crippen molar-refractivity contribution >= 4 is 17.7 Å². The summed E-state index contributed by atoms with van der Waals surface area (Å²) < 4.78 is 2.03. The highest BCUT2D eigenvalue weighted by molar-refractivity contribution is 5.84. The van der Waals surface area contributed by atoms with Crippen LogP contribution < -0.4 is 38.8 Å². The van der Waals surface area contributed by atoms with Crippen molar-refractivity contribution in [3.8, 4) is 0 Å². The van der Waals surface area contributed by atoms with Gasteiger partial charge in [0.25, 0.3) is 0 Å². The van der Waals surface area contributed by atoms with Crippen molar-refractivity contribution in [3.63, 3.8) is 0 Å². The van der Waals surface area contributed by atoms with E-state index in [1.165, 1.54) is 11.3 Å². The van der Waals surface area contributed by atoms with Crippen LogP contribution in [0.3, 0.4) is 0 Å². The van der Waals surface area contributed by atoms with Gasteiger partial charge in [0.15, 0.2) is 12.4 Å². The molecule has 0 aliphatic carbocycles. The van der Waals surface area contributed by atoms with E-state index in [1.54, 1.807) is 0 Å². The van der Waals surface area contributed by atoms with Crippen molar-refractivity contribution in [3.05, 3.63) is 66.0 Å². The molecule has 1 unspecified atom stereocenters. The summed E-state index contributed by atoms with van der Waals surface area (Å²) in [6, 6.07) is 12.6. The van der Waals surface area contributed by atoms with Crippen LogP contribution in [0.1, 0.15) is 31.4 Å². The quantitative estimate of drug-likeness (QED) is 0.486. The molecule has 3 heterocycles. The maximum absolute atomic E-state index is 12.3. The number of hydrogen-bond acceptors (Lipinski definition) is 2. The first kappa shape index (κ1) is 18.9. The standard InChI is InChI=1S/C21H23N3O.HI/c1-20(2)17-8-4-5-9-18(17)24-14-11-19(25)22-21(20,24)12-10-16-7-6-13-23(3)15-16;/h4-10,12-13,15H,11,14H2,1-3H3;1H. The van der Waals surface area contributed by atoms with E-state index in [9.17, 15) is 4.79 Å². The molecule has 4 rings (SSSR count). The average molecular weight is 461 g/mol. The third-order valence-electron chi connectivity index (χ3n) is 5.62. The zero-order valence-electron chi connectivity index (χ0n) is 15.4. The van der Waals surface area contributed by atoms with Crippen molar-refractivity contribution in [2.45, 2.75) is 31.3 Å². The molecule has 0 radical (unpaired) electrons. The molecular formula is C21H24IN3O. The normalized spacial score (nSPS) is 23.2. The summed E-state index contributed by atoms with van der Waals surface area (Å²) in [5.74, 6) is 0.111. The second-order valence-electron chi connectivity index (χ2n) is 7.49. The van der Waals surface area contributed by atoms with Crippen LogP contribution in [0.2, 0.25) is 0 Å². The fourth-order valence-electron chi connectivity index (χ4n) is 4.25. The third-order valence-corrected chi connectivity index (χ3v) is 5.62. The van der Waals surface area contributed by atoms with E-state index in [1.807, 2.05) is 23.9 Å². The van der Waals surface area contributed by atoms with E-state index in [-0.39, 0.29) is 35.3 Å². The number of aromatic nitrogens is 1. The molecule has 1 saturated heterocycles. The number of halogens is 1. The summed E-state index contributed by atoms with van der Waals surface area (Å²) in [5, 5.41) is 3.31. The Morgan fingerprint density at radius 2 is 1.96 bits per heavy atom. The van der Waals surface area contributed by atoms with E-state index in [0.29, 0.717) is 6.42 Å². The van der Waals surface area contributed by atoms with Gasteiger partial charge in [0.05, 0.1) is 0 Å². The van der Waals surface area contributed by atoms with Gasteiger partial charge >= 0.3 is 0 Å². The van der Waals surface area contributed by atoms with Crippen molar-refractivity contribution in [1.29, 1.82) is 0 Å². The van der Waals surface area contributed by atoms with Gasteiger partial charge in [0, 0.05) is 35.7 Å². The molecule has 0 spiro atoms. The summed E-state index contributed by atoms with van der Waals surface area (Å²) in [7, 11) is 2.01. The van der Waals surface area contributed by atoms with Crippen molar-refractivity contribution in [2.75, 3.05) is 11.4 Å². The van der Waals surface area contributed by atoms with E-state index >= 15 is 0 Å². The molecule has 0 saturated carbocycles. The predicted octanol–water partition coefficient (Wildman–Crippen LogP) is -0.458. The first-order valence-electron chi connectivity index (χ1n) is 8.77. The van der Waals surface area contributed by atoms with Gasteiger partial charge in [0.2, 0.25) is 5.91 Å². The lowest BCUT2D eigenvalue weighted by atomic mass is 9.74. The van der Waals surface area contributed by atoms with Crippen LogP contribution in [0, 0.1) is 0 Å². The van der Waals surface area contributed by atoms with Crippen LogP contribution in [-0.4, -0.2) is 18.1 Å². The van der Waals surface area contributed by atoms with E-state index in [4.69, 9.17) is 0 Å². The van der Waals surface area contributed by atoms with Crippen LogP contribution >= 0.6 is 0 Å². The number of amides is 1. The number of pyridine rings is 1. The Bertz CT molecular complexity index is 877. The van der Waals surface area contributed by atoms with Gasteiger partial charge in [-0.25, -0.2) is 4.57 Å². The number of nitrogens with zero attached hydrogens (tertiary/aromatic N) is 2. The summed E-state index contributed by atoms with van der Waals surface area (Å²) in [5.41, 5.74) is 2.84. The lowest BCUT2D eigenvalue weighted by molar-refractivity contribution is -0.671. The van der Waals surface area contributed by atoms with Gasteiger partial charge in [0.1, 0.15) is 12.7 Å². The van der Waals surface area contributed by atoms with Gasteiger partial charge in [-0.1, -0.05) is 32.0 Å². The summed E-state index contributed by atoms with van der Waals surface area (Å²) in [4.78, 5) is 14.7. The van der Waals surface area contributed by atoms with Crippen LogP contribution in [0.4, 0.5) is 5.69 Å². The Kier molecular flexibility index (Phi) is 4.86. The molecule has 0 bridgehead atoms. The molecule has 1 N–H and O–H groups in total. The Morgan fingerprint density at radius 1 is 1.19 bits per heavy atom. The van der Waals surface area contributed by atoms with Gasteiger partial charge in [-0.3, -0.25) is 4.79 Å². The van der Waals surface area contributed by atoms with E-state index < -0.39 is 5.66 Å². The van der Waals surface area contributed by atoms with Gasteiger partial charge in [-0.05, 0) is 29.8 Å². The molecule has 1 aromatic carbocycles. The predicted molar refractivity (Wildman–Crippen MR) is 99.0 cm³/mol. The van der Waals surface area contributed by atoms with Crippen molar-refractivity contribution in [1.82, 2.24) is 5.32 Å². The molecule has 4 nitrogen and oxygen atoms in total. The summed E-state index contributed by atoms with van der Waals surface area (Å²) in [6.45, 7) is 5.17. The number of anilines is 1. The largest absolute Gasteiger partial charge is 1.00 e. The number of nitrogens with one attached hydrogen (secondary N) is 1. The molecule has 1 aromatic heterocycles. The maximum Gasteiger partial charge on any atom is 0.223 e. The highest BCUT2D eigenvalue weighted by atomic mass is 127. The topological polar surface area (TPSA) is 36.2 Å². The number of benzene rings is 1. The maximum atomic E-state index is 12.3. The zero-order valence-corrected chi connectivity index (χ0v) is 17.5. The van der Waals surface area contributed by atoms with Gasteiger partial charge in [-0.15, -0.1) is 0 Å². The van der Waals surface area contributed by atoms with Crippen LogP contribution in [0.25, 0.3) is 6.08 Å². The molecule has 2 aliphatic rings. The number of aryl methyl sites for hydroxylation is 1. The SMILES string of the molecule is C[n+]1cccc(C=CC23NC(=O)CCN2c2ccccc2C3(C)C)c1.[I-]. The zero-order chi connectivity index (χ0) is 17.7. The fourth-order valence-corrected chi connectivity index (χ4v) is 4.25. The van der Waals surface area contributed by atoms with Crippen molar-refractivity contribution in [2.24, 2.45) is 7.05 Å². The number of para-hydroxylation sites is 1. The number of carbonyl (C=O) groups excluding carboxylic acids is 1. The fraction of sp³-hybridized carbons (Fsp3) is 0.333. The number of fused-ring (bicyclic) bond motifs is 3. The molecule has 1 amide bonds.